The number of anilines is 3. The third-order valence-corrected chi connectivity index (χ3v) is 3.93. The van der Waals surface area contributed by atoms with Crippen LogP contribution in [0.3, 0.4) is 0 Å². The predicted molar refractivity (Wildman–Crippen MR) is 88.2 cm³/mol. The summed E-state index contributed by atoms with van der Waals surface area (Å²) in [5.41, 5.74) is 16.7. The van der Waals surface area contributed by atoms with Crippen molar-refractivity contribution in [2.24, 2.45) is 5.73 Å². The normalized spacial score (nSPS) is 13.5. The Kier molecular flexibility index (Phi) is 3.52. The van der Waals surface area contributed by atoms with Gasteiger partial charge in [-0.3, -0.25) is 0 Å². The van der Waals surface area contributed by atoms with E-state index in [0.29, 0.717) is 17.1 Å². The summed E-state index contributed by atoms with van der Waals surface area (Å²) in [7, 11) is 0. The van der Waals surface area contributed by atoms with Gasteiger partial charge in [-0.15, -0.1) is 0 Å². The van der Waals surface area contributed by atoms with E-state index in [0.717, 1.165) is 24.3 Å². The van der Waals surface area contributed by atoms with Gasteiger partial charge >= 0.3 is 0 Å². The second kappa shape index (κ2) is 5.48. The number of nitrogens with one attached hydrogen (secondary N) is 1. The molecule has 0 aliphatic heterocycles. The number of hydrogen-bond acceptors (Lipinski definition) is 4. The number of benzene rings is 1. The van der Waals surface area contributed by atoms with E-state index in [1.165, 1.54) is 24.0 Å². The minimum atomic E-state index is 0.400. The quantitative estimate of drug-likeness (QED) is 0.806. The average molecular weight is 280 g/mol. The van der Waals surface area contributed by atoms with Crippen LogP contribution in [-0.4, -0.2) is 4.98 Å². The Labute approximate surface area is 124 Å². The molecule has 0 radical (unpaired) electrons. The number of nitrogens with two attached hydrogens (primary N) is 2. The molecular formula is C17H20N4. The Morgan fingerprint density at radius 3 is 2.71 bits per heavy atom. The second-order valence-corrected chi connectivity index (χ2v) is 5.43. The SMILES string of the molecule is C=C(N)c1ccc(Nc2cccc3c2CCCC3)nc1N. The van der Waals surface area contributed by atoms with Crippen LogP contribution < -0.4 is 16.8 Å². The van der Waals surface area contributed by atoms with Crippen molar-refractivity contribution in [1.29, 1.82) is 0 Å². The lowest BCUT2D eigenvalue weighted by atomic mass is 9.90. The Morgan fingerprint density at radius 2 is 1.95 bits per heavy atom. The van der Waals surface area contributed by atoms with Gasteiger partial charge in [-0.05, 0) is 55.0 Å². The molecule has 0 unspecified atom stereocenters. The number of rotatable bonds is 3. The molecule has 0 amide bonds. The number of fused-ring (bicyclic) bond motifs is 1. The number of pyridine rings is 1. The monoisotopic (exact) mass is 280 g/mol. The van der Waals surface area contributed by atoms with Gasteiger partial charge in [-0.25, -0.2) is 4.98 Å². The maximum absolute atomic E-state index is 5.92. The van der Waals surface area contributed by atoms with E-state index in [1.54, 1.807) is 0 Å². The molecule has 3 rings (SSSR count). The molecule has 1 aromatic carbocycles. The summed E-state index contributed by atoms with van der Waals surface area (Å²) in [4.78, 5) is 4.36. The van der Waals surface area contributed by atoms with Crippen LogP contribution in [0.1, 0.15) is 29.5 Å². The summed E-state index contributed by atoms with van der Waals surface area (Å²) in [6, 6.07) is 10.1. The van der Waals surface area contributed by atoms with Gasteiger partial charge in [-0.2, -0.15) is 0 Å². The van der Waals surface area contributed by atoms with Crippen molar-refractivity contribution in [2.75, 3.05) is 11.1 Å². The molecule has 21 heavy (non-hydrogen) atoms. The van der Waals surface area contributed by atoms with Crippen LogP contribution in [0.2, 0.25) is 0 Å². The Morgan fingerprint density at radius 1 is 1.14 bits per heavy atom. The van der Waals surface area contributed by atoms with Gasteiger partial charge in [0.1, 0.15) is 11.6 Å². The first-order chi connectivity index (χ1) is 10.1. The molecule has 2 aromatic rings. The van der Waals surface area contributed by atoms with Crippen LogP contribution in [0.15, 0.2) is 36.9 Å². The van der Waals surface area contributed by atoms with Crippen LogP contribution >= 0.6 is 0 Å². The highest BCUT2D eigenvalue weighted by atomic mass is 15.0. The number of aromatic nitrogens is 1. The Hall–Kier alpha value is -2.49. The Bertz CT molecular complexity index is 691. The third kappa shape index (κ3) is 2.70. The second-order valence-electron chi connectivity index (χ2n) is 5.43. The fourth-order valence-electron chi connectivity index (χ4n) is 2.85. The van der Waals surface area contributed by atoms with Gasteiger partial charge in [0.2, 0.25) is 0 Å². The number of hydrogen-bond donors (Lipinski definition) is 3. The van der Waals surface area contributed by atoms with Crippen molar-refractivity contribution in [2.45, 2.75) is 25.7 Å². The van der Waals surface area contributed by atoms with E-state index >= 15 is 0 Å². The molecule has 5 N–H and O–H groups in total. The lowest BCUT2D eigenvalue weighted by Crippen LogP contribution is -2.08. The lowest BCUT2D eigenvalue weighted by Gasteiger charge is -2.20. The molecule has 0 saturated carbocycles. The zero-order valence-electron chi connectivity index (χ0n) is 12.0. The molecule has 4 heteroatoms. The molecule has 1 heterocycles. The minimum Gasteiger partial charge on any atom is -0.399 e. The molecule has 0 spiro atoms. The number of nitrogen functional groups attached to an aromatic ring is 1. The van der Waals surface area contributed by atoms with Gasteiger partial charge in [-0.1, -0.05) is 18.7 Å². The maximum Gasteiger partial charge on any atom is 0.135 e. The average Bonchev–Trinajstić information content (AvgIpc) is 2.47. The topological polar surface area (TPSA) is 77.0 Å². The highest BCUT2D eigenvalue weighted by Crippen LogP contribution is 2.30. The molecule has 0 atom stereocenters. The highest BCUT2D eigenvalue weighted by Gasteiger charge is 2.13. The van der Waals surface area contributed by atoms with Crippen LogP contribution in [-0.2, 0) is 12.8 Å². The number of nitrogens with zero attached hydrogens (tertiary/aromatic N) is 1. The van der Waals surface area contributed by atoms with Crippen molar-refractivity contribution >= 4 is 23.0 Å². The summed E-state index contributed by atoms with van der Waals surface area (Å²) in [5.74, 6) is 1.13. The summed E-state index contributed by atoms with van der Waals surface area (Å²) < 4.78 is 0. The van der Waals surface area contributed by atoms with E-state index in [9.17, 15) is 0 Å². The Balaban J connectivity index is 1.91. The predicted octanol–water partition coefficient (Wildman–Crippen LogP) is 3.22. The molecule has 1 aromatic heterocycles. The molecule has 0 fully saturated rings. The van der Waals surface area contributed by atoms with Crippen LogP contribution in [0, 0.1) is 0 Å². The summed E-state index contributed by atoms with van der Waals surface area (Å²) >= 11 is 0. The third-order valence-electron chi connectivity index (χ3n) is 3.93. The molecule has 108 valence electrons. The zero-order chi connectivity index (χ0) is 14.8. The van der Waals surface area contributed by atoms with E-state index < -0.39 is 0 Å². The van der Waals surface area contributed by atoms with Crippen LogP contribution in [0.5, 0.6) is 0 Å². The lowest BCUT2D eigenvalue weighted by molar-refractivity contribution is 0.687. The standard InChI is InChI=1S/C17H20N4/c1-11(18)13-9-10-16(21-17(13)19)20-15-8-4-6-12-5-2-3-7-14(12)15/h4,6,8-10H,1-3,5,7,18H2,(H3,19,20,21). The van der Waals surface area contributed by atoms with E-state index in [4.69, 9.17) is 11.5 Å². The first-order valence-electron chi connectivity index (χ1n) is 7.24. The van der Waals surface area contributed by atoms with Gasteiger partial charge in [0.05, 0.1) is 0 Å². The zero-order valence-corrected chi connectivity index (χ0v) is 12.0. The van der Waals surface area contributed by atoms with Gasteiger partial charge in [0.15, 0.2) is 0 Å². The number of aryl methyl sites for hydroxylation is 1. The largest absolute Gasteiger partial charge is 0.399 e. The smallest absolute Gasteiger partial charge is 0.135 e. The molecule has 1 aliphatic rings. The van der Waals surface area contributed by atoms with Gasteiger partial charge in [0.25, 0.3) is 0 Å². The first-order valence-corrected chi connectivity index (χ1v) is 7.24. The fraction of sp³-hybridized carbons (Fsp3) is 0.235. The molecule has 4 nitrogen and oxygen atoms in total. The molecule has 0 saturated heterocycles. The van der Waals surface area contributed by atoms with Crippen LogP contribution in [0.25, 0.3) is 5.70 Å². The summed E-state index contributed by atoms with van der Waals surface area (Å²) in [6.45, 7) is 3.69. The summed E-state index contributed by atoms with van der Waals surface area (Å²) in [6.07, 6.45) is 4.79. The van der Waals surface area contributed by atoms with Crippen molar-refractivity contribution < 1.29 is 0 Å². The van der Waals surface area contributed by atoms with Gasteiger partial charge in [0, 0.05) is 16.9 Å². The van der Waals surface area contributed by atoms with Crippen molar-refractivity contribution in [3.63, 3.8) is 0 Å². The van der Waals surface area contributed by atoms with E-state index in [1.807, 2.05) is 12.1 Å². The van der Waals surface area contributed by atoms with Crippen molar-refractivity contribution in [3.05, 3.63) is 53.6 Å². The summed E-state index contributed by atoms with van der Waals surface area (Å²) in [5, 5.41) is 3.38. The van der Waals surface area contributed by atoms with Crippen LogP contribution in [0.4, 0.5) is 17.3 Å². The fourth-order valence-corrected chi connectivity index (χ4v) is 2.85. The minimum absolute atomic E-state index is 0.400. The van der Waals surface area contributed by atoms with E-state index in [-0.39, 0.29) is 0 Å². The molecule has 0 bridgehead atoms. The van der Waals surface area contributed by atoms with Gasteiger partial charge < -0.3 is 16.8 Å². The van der Waals surface area contributed by atoms with Crippen molar-refractivity contribution in [3.8, 4) is 0 Å². The van der Waals surface area contributed by atoms with E-state index in [2.05, 4.69) is 35.1 Å². The van der Waals surface area contributed by atoms with Crippen molar-refractivity contribution in [1.82, 2.24) is 4.98 Å². The maximum atomic E-state index is 5.92. The highest BCUT2D eigenvalue weighted by molar-refractivity contribution is 5.72. The first kappa shape index (κ1) is 13.5. The molecular weight excluding hydrogens is 260 g/mol. The molecule has 1 aliphatic carbocycles.